The molecule has 0 bridgehead atoms. The molecule has 146 valence electrons. The number of carbonyl (C=O) groups is 3. The van der Waals surface area contributed by atoms with E-state index in [9.17, 15) is 14.4 Å². The van der Waals surface area contributed by atoms with Crippen LogP contribution in [0.1, 0.15) is 41.3 Å². The van der Waals surface area contributed by atoms with Crippen molar-refractivity contribution in [3.8, 4) is 0 Å². The lowest BCUT2D eigenvalue weighted by molar-refractivity contribution is -0.128. The third-order valence-electron chi connectivity index (χ3n) is 4.66. The Morgan fingerprint density at radius 2 is 1.89 bits per heavy atom. The van der Waals surface area contributed by atoms with Gasteiger partial charge in [0, 0.05) is 25.2 Å². The number of rotatable bonds is 7. The van der Waals surface area contributed by atoms with Crippen LogP contribution in [0, 0.1) is 0 Å². The molecule has 0 unspecified atom stereocenters. The van der Waals surface area contributed by atoms with Gasteiger partial charge in [0.05, 0.1) is 5.56 Å². The van der Waals surface area contributed by atoms with E-state index < -0.39 is 5.97 Å². The molecule has 2 amide bonds. The maximum atomic E-state index is 12.3. The number of carbonyl (C=O) groups excluding carboxylic acids is 3. The highest BCUT2D eigenvalue weighted by Gasteiger charge is 2.20. The Bertz CT molecular complexity index is 878. The smallest absolute Gasteiger partial charge is 0.338 e. The van der Waals surface area contributed by atoms with Gasteiger partial charge in [-0.25, -0.2) is 4.79 Å². The van der Waals surface area contributed by atoms with E-state index in [0.717, 1.165) is 30.5 Å². The number of anilines is 1. The standard InChI is InChI=1S/C22H24N2O4/c1-2-16-6-4-9-19(13-16)23-20(25)15-28-22(27)18-8-3-7-17(12-18)14-24-11-5-10-21(24)26/h3-4,6-9,12-13H,2,5,10-11,14-15H2,1H3,(H,23,25). The van der Waals surface area contributed by atoms with Crippen LogP contribution in [0.2, 0.25) is 0 Å². The summed E-state index contributed by atoms with van der Waals surface area (Å²) in [5.41, 5.74) is 3.02. The average Bonchev–Trinajstić information content (AvgIpc) is 3.11. The van der Waals surface area contributed by atoms with Crippen LogP contribution in [0.5, 0.6) is 0 Å². The fourth-order valence-electron chi connectivity index (χ4n) is 3.17. The molecule has 0 radical (unpaired) electrons. The molecule has 6 heteroatoms. The number of likely N-dealkylation sites (tertiary alicyclic amines) is 1. The first-order valence-electron chi connectivity index (χ1n) is 9.48. The molecule has 2 aromatic carbocycles. The maximum absolute atomic E-state index is 12.3. The largest absolute Gasteiger partial charge is 0.452 e. The topological polar surface area (TPSA) is 75.7 Å². The van der Waals surface area contributed by atoms with Crippen molar-refractivity contribution in [3.63, 3.8) is 0 Å². The molecule has 0 aromatic heterocycles. The van der Waals surface area contributed by atoms with Crippen LogP contribution in [0.15, 0.2) is 48.5 Å². The lowest BCUT2D eigenvalue weighted by Gasteiger charge is -2.15. The first-order chi connectivity index (χ1) is 13.5. The van der Waals surface area contributed by atoms with Crippen molar-refractivity contribution in [2.75, 3.05) is 18.5 Å². The number of nitrogens with one attached hydrogen (secondary N) is 1. The van der Waals surface area contributed by atoms with E-state index in [1.807, 2.05) is 31.2 Å². The number of aryl methyl sites for hydroxylation is 1. The summed E-state index contributed by atoms with van der Waals surface area (Å²) in [6.07, 6.45) is 2.33. The van der Waals surface area contributed by atoms with Crippen molar-refractivity contribution in [1.29, 1.82) is 0 Å². The van der Waals surface area contributed by atoms with E-state index in [4.69, 9.17) is 4.74 Å². The molecule has 1 N–H and O–H groups in total. The van der Waals surface area contributed by atoms with Crippen molar-refractivity contribution >= 4 is 23.5 Å². The maximum Gasteiger partial charge on any atom is 0.338 e. The third kappa shape index (κ3) is 5.19. The van der Waals surface area contributed by atoms with Crippen LogP contribution in [0.25, 0.3) is 0 Å². The molecule has 28 heavy (non-hydrogen) atoms. The van der Waals surface area contributed by atoms with Crippen LogP contribution in [0.4, 0.5) is 5.69 Å². The average molecular weight is 380 g/mol. The summed E-state index contributed by atoms with van der Waals surface area (Å²) < 4.78 is 5.13. The molecule has 1 fully saturated rings. The Morgan fingerprint density at radius 1 is 1.11 bits per heavy atom. The van der Waals surface area contributed by atoms with Crippen molar-refractivity contribution in [3.05, 3.63) is 65.2 Å². The third-order valence-corrected chi connectivity index (χ3v) is 4.66. The van der Waals surface area contributed by atoms with Crippen molar-refractivity contribution < 1.29 is 19.1 Å². The van der Waals surface area contributed by atoms with Crippen LogP contribution < -0.4 is 5.32 Å². The highest BCUT2D eigenvalue weighted by atomic mass is 16.5. The number of ether oxygens (including phenoxy) is 1. The number of benzene rings is 2. The van der Waals surface area contributed by atoms with E-state index in [0.29, 0.717) is 24.2 Å². The Kier molecular flexibility index (Phi) is 6.42. The molecular weight excluding hydrogens is 356 g/mol. The second kappa shape index (κ2) is 9.17. The minimum Gasteiger partial charge on any atom is -0.452 e. The molecular formula is C22H24N2O4. The molecule has 0 atom stereocenters. The minimum atomic E-state index is -0.563. The van der Waals surface area contributed by atoms with E-state index in [2.05, 4.69) is 5.32 Å². The zero-order valence-electron chi connectivity index (χ0n) is 15.9. The van der Waals surface area contributed by atoms with Gasteiger partial charge in [-0.2, -0.15) is 0 Å². The normalized spacial score (nSPS) is 13.5. The predicted molar refractivity (Wildman–Crippen MR) is 106 cm³/mol. The summed E-state index contributed by atoms with van der Waals surface area (Å²) in [5.74, 6) is -0.815. The van der Waals surface area contributed by atoms with Gasteiger partial charge in [0.1, 0.15) is 0 Å². The van der Waals surface area contributed by atoms with Gasteiger partial charge in [0.25, 0.3) is 5.91 Å². The Labute approximate surface area is 164 Å². The molecule has 1 heterocycles. The van der Waals surface area contributed by atoms with Gasteiger partial charge in [0.2, 0.25) is 5.91 Å². The second-order valence-electron chi connectivity index (χ2n) is 6.80. The zero-order valence-corrected chi connectivity index (χ0v) is 15.9. The van der Waals surface area contributed by atoms with Crippen LogP contribution in [0.3, 0.4) is 0 Å². The lowest BCUT2D eigenvalue weighted by atomic mass is 10.1. The summed E-state index contributed by atoms with van der Waals surface area (Å²) in [6.45, 7) is 2.90. The molecule has 2 aromatic rings. The minimum absolute atomic E-state index is 0.136. The van der Waals surface area contributed by atoms with Gasteiger partial charge < -0.3 is 15.0 Å². The first-order valence-corrected chi connectivity index (χ1v) is 9.48. The molecule has 3 rings (SSSR count). The van der Waals surface area contributed by atoms with E-state index in [-0.39, 0.29) is 18.4 Å². The molecule has 1 saturated heterocycles. The van der Waals surface area contributed by atoms with E-state index in [1.54, 1.807) is 29.2 Å². The molecule has 0 spiro atoms. The number of amides is 2. The number of esters is 1. The van der Waals surface area contributed by atoms with Gasteiger partial charge in [-0.3, -0.25) is 9.59 Å². The van der Waals surface area contributed by atoms with E-state index >= 15 is 0 Å². The van der Waals surface area contributed by atoms with Crippen LogP contribution >= 0.6 is 0 Å². The molecule has 1 aliphatic heterocycles. The van der Waals surface area contributed by atoms with Crippen molar-refractivity contribution in [1.82, 2.24) is 4.90 Å². The van der Waals surface area contributed by atoms with Gasteiger partial charge >= 0.3 is 5.97 Å². The van der Waals surface area contributed by atoms with E-state index in [1.165, 1.54) is 0 Å². The predicted octanol–water partition coefficient (Wildman–Crippen LogP) is 3.17. The van der Waals surface area contributed by atoms with Crippen molar-refractivity contribution in [2.24, 2.45) is 0 Å². The SMILES string of the molecule is CCc1cccc(NC(=O)COC(=O)c2cccc(CN3CCCC3=O)c2)c1. The van der Waals surface area contributed by atoms with Crippen LogP contribution in [-0.4, -0.2) is 35.8 Å². The van der Waals surface area contributed by atoms with Gasteiger partial charge in [-0.15, -0.1) is 0 Å². The lowest BCUT2D eigenvalue weighted by Crippen LogP contribution is -2.24. The van der Waals surface area contributed by atoms with Gasteiger partial charge in [-0.05, 0) is 48.2 Å². The number of nitrogens with zero attached hydrogens (tertiary/aromatic N) is 1. The fraction of sp³-hybridized carbons (Fsp3) is 0.318. The summed E-state index contributed by atoms with van der Waals surface area (Å²) in [6, 6.07) is 14.5. The summed E-state index contributed by atoms with van der Waals surface area (Å²) >= 11 is 0. The highest BCUT2D eigenvalue weighted by molar-refractivity contribution is 5.95. The summed E-state index contributed by atoms with van der Waals surface area (Å²) in [4.78, 5) is 37.9. The fourth-order valence-corrected chi connectivity index (χ4v) is 3.17. The van der Waals surface area contributed by atoms with Gasteiger partial charge in [-0.1, -0.05) is 31.2 Å². The molecule has 0 aliphatic carbocycles. The highest BCUT2D eigenvalue weighted by Crippen LogP contribution is 2.16. The number of hydrogen-bond acceptors (Lipinski definition) is 4. The summed E-state index contributed by atoms with van der Waals surface area (Å²) in [7, 11) is 0. The molecule has 1 aliphatic rings. The van der Waals surface area contributed by atoms with Crippen LogP contribution in [-0.2, 0) is 27.3 Å². The zero-order chi connectivity index (χ0) is 19.9. The van der Waals surface area contributed by atoms with Crippen molar-refractivity contribution in [2.45, 2.75) is 32.7 Å². The van der Waals surface area contributed by atoms with Gasteiger partial charge in [0.15, 0.2) is 6.61 Å². The molecule has 6 nitrogen and oxygen atoms in total. The Hall–Kier alpha value is -3.15. The Balaban J connectivity index is 1.53. The second-order valence-corrected chi connectivity index (χ2v) is 6.80. The number of hydrogen-bond donors (Lipinski definition) is 1. The quantitative estimate of drug-likeness (QED) is 0.749. The monoisotopic (exact) mass is 380 g/mol. The first kappa shape index (κ1) is 19.6. The molecule has 0 saturated carbocycles. The summed E-state index contributed by atoms with van der Waals surface area (Å²) in [5, 5.41) is 2.73. The Morgan fingerprint density at radius 3 is 2.64 bits per heavy atom.